The van der Waals surface area contributed by atoms with Crippen molar-refractivity contribution in [3.05, 3.63) is 16.8 Å². The number of rotatable bonds is 2. The van der Waals surface area contributed by atoms with Crippen LogP contribution in [0.4, 0.5) is 5.82 Å². The van der Waals surface area contributed by atoms with E-state index in [9.17, 15) is 4.79 Å². The van der Waals surface area contributed by atoms with Gasteiger partial charge in [0.1, 0.15) is 30.2 Å². The number of nitrogens with two attached hydrogens (primary N) is 1. The molecule has 2 aromatic rings. The number of hydrogen-bond acceptors (Lipinski definition) is 7. The van der Waals surface area contributed by atoms with Gasteiger partial charge in [-0.05, 0) is 0 Å². The molecule has 0 amide bonds. The minimum Gasteiger partial charge on any atom is -0.394 e. The van der Waals surface area contributed by atoms with Crippen LogP contribution in [0, 0.1) is 0 Å². The zero-order chi connectivity index (χ0) is 13.1. The van der Waals surface area contributed by atoms with E-state index in [1.165, 1.54) is 10.9 Å². The van der Waals surface area contributed by atoms with Crippen LogP contribution in [0.25, 0.3) is 11.2 Å². The van der Waals surface area contributed by atoms with E-state index in [-0.39, 0.29) is 30.3 Å². The standard InChI is InChI=1S/C10H11N5O4/c11-7-4-8(13-2-12-7)15(10(17)14-4)9-6-5(19-6)3(1-16)18-9/h2-3,5-6,9,16H,1H2,(H,14,17)(H2,11,12,13)/t3-,5-,6+,9+/m0/s1. The first-order valence-electron chi connectivity index (χ1n) is 5.83. The summed E-state index contributed by atoms with van der Waals surface area (Å²) in [4.78, 5) is 22.5. The molecule has 2 aliphatic rings. The molecule has 4 N–H and O–H groups in total. The predicted octanol–water partition coefficient (Wildman–Crippen LogP) is -1.64. The fraction of sp³-hybridized carbons (Fsp3) is 0.500. The summed E-state index contributed by atoms with van der Waals surface area (Å²) < 4.78 is 12.4. The van der Waals surface area contributed by atoms with Crippen molar-refractivity contribution in [2.75, 3.05) is 12.3 Å². The second kappa shape index (κ2) is 3.53. The van der Waals surface area contributed by atoms with Crippen LogP contribution < -0.4 is 11.4 Å². The molecule has 0 radical (unpaired) electrons. The number of ether oxygens (including phenoxy) is 2. The third kappa shape index (κ3) is 1.37. The van der Waals surface area contributed by atoms with Crippen LogP contribution in [-0.2, 0) is 9.47 Å². The summed E-state index contributed by atoms with van der Waals surface area (Å²) >= 11 is 0. The minimum absolute atomic E-state index is 0.147. The Morgan fingerprint density at radius 1 is 1.42 bits per heavy atom. The molecule has 2 fully saturated rings. The molecule has 9 heteroatoms. The summed E-state index contributed by atoms with van der Waals surface area (Å²) in [6.07, 6.45) is -0.120. The number of aliphatic hydroxyl groups excluding tert-OH is 1. The number of imidazole rings is 1. The lowest BCUT2D eigenvalue weighted by atomic mass is 10.2. The van der Waals surface area contributed by atoms with E-state index in [0.717, 1.165) is 0 Å². The molecule has 0 spiro atoms. The molecular weight excluding hydrogens is 254 g/mol. The highest BCUT2D eigenvalue weighted by molar-refractivity contribution is 5.81. The monoisotopic (exact) mass is 265 g/mol. The Hall–Kier alpha value is -1.97. The van der Waals surface area contributed by atoms with Gasteiger partial charge in [0.25, 0.3) is 0 Å². The maximum atomic E-state index is 12.0. The maximum Gasteiger partial charge on any atom is 0.330 e. The highest BCUT2D eigenvalue weighted by Gasteiger charge is 2.59. The van der Waals surface area contributed by atoms with Crippen molar-refractivity contribution in [1.82, 2.24) is 19.5 Å². The Balaban J connectivity index is 1.86. The first-order chi connectivity index (χ1) is 9.20. The zero-order valence-electron chi connectivity index (χ0n) is 9.68. The molecule has 0 aromatic carbocycles. The van der Waals surface area contributed by atoms with Crippen molar-refractivity contribution < 1.29 is 14.6 Å². The Kier molecular flexibility index (Phi) is 2.03. The minimum atomic E-state index is -0.599. The van der Waals surface area contributed by atoms with Crippen LogP contribution in [0.5, 0.6) is 0 Å². The maximum absolute atomic E-state index is 12.0. The average molecular weight is 265 g/mol. The van der Waals surface area contributed by atoms with Gasteiger partial charge in [0.2, 0.25) is 0 Å². The van der Waals surface area contributed by atoms with Crippen LogP contribution >= 0.6 is 0 Å². The van der Waals surface area contributed by atoms with Crippen LogP contribution in [-0.4, -0.2) is 49.5 Å². The summed E-state index contributed by atoms with van der Waals surface area (Å²) in [5.41, 5.74) is 6.05. The number of nitrogens with zero attached hydrogens (tertiary/aromatic N) is 3. The molecule has 0 saturated carbocycles. The van der Waals surface area contributed by atoms with Crippen molar-refractivity contribution in [1.29, 1.82) is 0 Å². The van der Waals surface area contributed by atoms with Gasteiger partial charge >= 0.3 is 5.69 Å². The second-order valence-corrected chi connectivity index (χ2v) is 4.57. The number of anilines is 1. The van der Waals surface area contributed by atoms with Crippen LogP contribution in [0.1, 0.15) is 6.23 Å². The van der Waals surface area contributed by atoms with Gasteiger partial charge < -0.3 is 25.3 Å². The number of nitrogens with one attached hydrogen (secondary N) is 1. The van der Waals surface area contributed by atoms with E-state index in [0.29, 0.717) is 11.2 Å². The van der Waals surface area contributed by atoms with Crippen molar-refractivity contribution >= 4 is 17.0 Å². The lowest BCUT2D eigenvalue weighted by Crippen LogP contribution is -2.28. The summed E-state index contributed by atoms with van der Waals surface area (Å²) in [6, 6.07) is 0. The number of epoxide rings is 1. The highest BCUT2D eigenvalue weighted by atomic mass is 16.7. The molecule has 9 nitrogen and oxygen atoms in total. The normalized spacial score (nSPS) is 32.7. The molecule has 2 aromatic heterocycles. The molecule has 4 heterocycles. The average Bonchev–Trinajstić information content (AvgIpc) is 3.00. The van der Waals surface area contributed by atoms with Gasteiger partial charge in [-0.25, -0.2) is 19.3 Å². The third-order valence-electron chi connectivity index (χ3n) is 3.49. The third-order valence-corrected chi connectivity index (χ3v) is 3.49. The lowest BCUT2D eigenvalue weighted by Gasteiger charge is -2.16. The Morgan fingerprint density at radius 3 is 3.00 bits per heavy atom. The highest BCUT2D eigenvalue weighted by Crippen LogP contribution is 2.44. The fourth-order valence-corrected chi connectivity index (χ4v) is 2.54. The van der Waals surface area contributed by atoms with E-state index in [1.807, 2.05) is 0 Å². The van der Waals surface area contributed by atoms with Gasteiger partial charge in [0.15, 0.2) is 17.7 Å². The quantitative estimate of drug-likeness (QED) is 0.555. The van der Waals surface area contributed by atoms with E-state index < -0.39 is 12.3 Å². The zero-order valence-corrected chi connectivity index (χ0v) is 9.68. The van der Waals surface area contributed by atoms with Gasteiger partial charge in [-0.2, -0.15) is 0 Å². The number of fused-ring (bicyclic) bond motifs is 2. The molecule has 19 heavy (non-hydrogen) atoms. The molecule has 4 rings (SSSR count). The number of H-pyrrole nitrogens is 1. The van der Waals surface area contributed by atoms with E-state index in [2.05, 4.69) is 15.0 Å². The first-order valence-corrected chi connectivity index (χ1v) is 5.83. The van der Waals surface area contributed by atoms with Crippen molar-refractivity contribution in [3.63, 3.8) is 0 Å². The fourth-order valence-electron chi connectivity index (χ4n) is 2.54. The largest absolute Gasteiger partial charge is 0.394 e. The van der Waals surface area contributed by atoms with Crippen LogP contribution in [0.15, 0.2) is 11.1 Å². The Morgan fingerprint density at radius 2 is 2.26 bits per heavy atom. The van der Waals surface area contributed by atoms with Gasteiger partial charge in [-0.1, -0.05) is 0 Å². The van der Waals surface area contributed by atoms with Crippen LogP contribution in [0.3, 0.4) is 0 Å². The van der Waals surface area contributed by atoms with Gasteiger partial charge in [0, 0.05) is 0 Å². The summed E-state index contributed by atoms with van der Waals surface area (Å²) in [6.45, 7) is -0.147. The van der Waals surface area contributed by atoms with Crippen molar-refractivity contribution in [2.45, 2.75) is 24.5 Å². The topological polar surface area (TPSA) is 132 Å². The van der Waals surface area contributed by atoms with Crippen molar-refractivity contribution in [2.24, 2.45) is 0 Å². The molecular formula is C10H11N5O4. The second-order valence-electron chi connectivity index (χ2n) is 4.57. The van der Waals surface area contributed by atoms with Crippen molar-refractivity contribution in [3.8, 4) is 0 Å². The Bertz CT molecular complexity index is 709. The number of nitrogen functional groups attached to an aromatic ring is 1. The summed E-state index contributed by atoms with van der Waals surface area (Å²) in [5.74, 6) is 0.200. The van der Waals surface area contributed by atoms with Gasteiger partial charge in [0.05, 0.1) is 6.61 Å². The summed E-state index contributed by atoms with van der Waals surface area (Å²) in [7, 11) is 0. The number of aromatic amines is 1. The number of aliphatic hydroxyl groups is 1. The Labute approximate surface area is 106 Å². The molecule has 4 atom stereocenters. The molecule has 100 valence electrons. The molecule has 2 aliphatic heterocycles. The first kappa shape index (κ1) is 10.9. The smallest absolute Gasteiger partial charge is 0.330 e. The predicted molar refractivity (Wildman–Crippen MR) is 62.2 cm³/mol. The van der Waals surface area contributed by atoms with Gasteiger partial charge in [-0.15, -0.1) is 0 Å². The molecule has 0 unspecified atom stereocenters. The number of aromatic nitrogens is 4. The number of hydrogen-bond donors (Lipinski definition) is 3. The van der Waals surface area contributed by atoms with Crippen LogP contribution in [0.2, 0.25) is 0 Å². The van der Waals surface area contributed by atoms with E-state index in [4.69, 9.17) is 20.3 Å². The molecule has 2 saturated heterocycles. The SMILES string of the molecule is Nc1ncnc2c1[nH]c(=O)n2[C@@H]1O[C@@H](CO)[C@@H]2O[C@H]21. The van der Waals surface area contributed by atoms with Gasteiger partial charge in [-0.3, -0.25) is 0 Å². The molecule has 0 bridgehead atoms. The molecule has 0 aliphatic carbocycles. The van der Waals surface area contributed by atoms with E-state index in [1.54, 1.807) is 0 Å². The lowest BCUT2D eigenvalue weighted by molar-refractivity contribution is -0.0835. The van der Waals surface area contributed by atoms with E-state index >= 15 is 0 Å². The summed E-state index contributed by atoms with van der Waals surface area (Å²) in [5, 5.41) is 9.16.